The van der Waals surface area contributed by atoms with Gasteiger partial charge in [0, 0.05) is 12.6 Å². The lowest BCUT2D eigenvalue weighted by Crippen LogP contribution is -2.28. The van der Waals surface area contributed by atoms with E-state index < -0.39 is 23.6 Å². The van der Waals surface area contributed by atoms with E-state index in [1.807, 2.05) is 6.92 Å². The van der Waals surface area contributed by atoms with Crippen molar-refractivity contribution in [3.8, 4) is 5.75 Å². The zero-order chi connectivity index (χ0) is 17.5. The molecule has 0 radical (unpaired) electrons. The number of carbonyl (C=O) groups is 1. The van der Waals surface area contributed by atoms with Crippen LogP contribution >= 0.6 is 0 Å². The highest BCUT2D eigenvalue weighted by Gasteiger charge is 2.07. The Morgan fingerprint density at radius 1 is 1.17 bits per heavy atom. The number of halogens is 2. The lowest BCUT2D eigenvalue weighted by Gasteiger charge is -2.10. The van der Waals surface area contributed by atoms with Gasteiger partial charge in [-0.05, 0) is 41.8 Å². The molecule has 0 aliphatic rings. The van der Waals surface area contributed by atoms with Crippen molar-refractivity contribution in [3.63, 3.8) is 0 Å². The second-order valence-electron chi connectivity index (χ2n) is 5.34. The molecule has 2 aromatic rings. The maximum atomic E-state index is 13.0. The molecule has 0 bridgehead atoms. The van der Waals surface area contributed by atoms with Gasteiger partial charge in [0.15, 0.2) is 6.61 Å². The first-order valence-corrected chi connectivity index (χ1v) is 7.60. The highest BCUT2D eigenvalue weighted by Crippen LogP contribution is 2.19. The lowest BCUT2D eigenvalue weighted by atomic mass is 10.1. The molecule has 0 spiro atoms. The third-order valence-corrected chi connectivity index (χ3v) is 3.43. The first kappa shape index (κ1) is 17.9. The van der Waals surface area contributed by atoms with Crippen LogP contribution in [0.15, 0.2) is 42.5 Å². The molecule has 24 heavy (non-hydrogen) atoms. The molecule has 2 rings (SSSR count). The summed E-state index contributed by atoms with van der Waals surface area (Å²) in [7, 11) is 0. The summed E-state index contributed by atoms with van der Waals surface area (Å²) in [4.78, 5) is 11.7. The molecule has 4 nitrogen and oxygen atoms in total. The average molecular weight is 335 g/mol. The maximum absolute atomic E-state index is 13.0. The fraction of sp³-hybridized carbons (Fsp3) is 0.278. The van der Waals surface area contributed by atoms with Gasteiger partial charge in [-0.15, -0.1) is 0 Å². The molecule has 0 aromatic heterocycles. The summed E-state index contributed by atoms with van der Waals surface area (Å²) < 4.78 is 31.4. The van der Waals surface area contributed by atoms with Gasteiger partial charge in [-0.3, -0.25) is 4.79 Å². The number of rotatable bonds is 7. The molecule has 2 N–H and O–H groups in total. The Morgan fingerprint density at radius 3 is 2.38 bits per heavy atom. The largest absolute Gasteiger partial charge is 0.484 e. The van der Waals surface area contributed by atoms with Gasteiger partial charge in [-0.1, -0.05) is 19.1 Å². The van der Waals surface area contributed by atoms with Gasteiger partial charge in [-0.25, -0.2) is 8.78 Å². The van der Waals surface area contributed by atoms with E-state index in [0.717, 1.165) is 23.8 Å². The molecule has 0 aliphatic heterocycles. The molecule has 6 heteroatoms. The summed E-state index contributed by atoms with van der Waals surface area (Å²) in [5.74, 6) is -1.29. The second-order valence-corrected chi connectivity index (χ2v) is 5.34. The Kier molecular flexibility index (Phi) is 6.26. The van der Waals surface area contributed by atoms with Crippen LogP contribution in [-0.4, -0.2) is 17.6 Å². The molecule has 0 heterocycles. The van der Waals surface area contributed by atoms with Crippen molar-refractivity contribution in [2.24, 2.45) is 0 Å². The molecule has 1 unspecified atom stereocenters. The first-order chi connectivity index (χ1) is 11.5. The van der Waals surface area contributed by atoms with Gasteiger partial charge >= 0.3 is 0 Å². The fourth-order valence-electron chi connectivity index (χ4n) is 2.14. The number of amides is 1. The van der Waals surface area contributed by atoms with E-state index in [1.165, 1.54) is 0 Å². The minimum absolute atomic E-state index is 0.0124. The minimum Gasteiger partial charge on any atom is -0.484 e. The molecule has 0 aliphatic carbocycles. The van der Waals surface area contributed by atoms with Crippen molar-refractivity contribution >= 4 is 5.91 Å². The molecular weight excluding hydrogens is 316 g/mol. The summed E-state index contributed by atoms with van der Waals surface area (Å²) in [5, 5.41) is 12.2. The van der Waals surface area contributed by atoms with E-state index in [-0.39, 0.29) is 13.2 Å². The maximum Gasteiger partial charge on any atom is 0.258 e. The van der Waals surface area contributed by atoms with Crippen molar-refractivity contribution in [2.45, 2.75) is 26.0 Å². The van der Waals surface area contributed by atoms with Crippen LogP contribution in [0, 0.1) is 11.6 Å². The van der Waals surface area contributed by atoms with Crippen molar-refractivity contribution in [2.75, 3.05) is 6.61 Å². The van der Waals surface area contributed by atoms with E-state index in [1.54, 1.807) is 24.3 Å². The standard InChI is InChI=1S/C18H19F2NO3/c1-2-17(22)13-3-5-16(6-4-13)24-11-18(23)21-10-12-7-14(19)9-15(20)8-12/h3-9,17,22H,2,10-11H2,1H3,(H,21,23). The van der Waals surface area contributed by atoms with Crippen LogP contribution < -0.4 is 10.1 Å². The van der Waals surface area contributed by atoms with Crippen LogP contribution in [0.5, 0.6) is 5.75 Å². The van der Waals surface area contributed by atoms with Gasteiger partial charge in [0.05, 0.1) is 6.10 Å². The average Bonchev–Trinajstić information content (AvgIpc) is 2.57. The molecule has 1 atom stereocenters. The zero-order valence-electron chi connectivity index (χ0n) is 13.3. The number of hydrogen-bond donors (Lipinski definition) is 2. The summed E-state index contributed by atoms with van der Waals surface area (Å²) in [6.45, 7) is 1.68. The summed E-state index contributed by atoms with van der Waals surface area (Å²) in [6.07, 6.45) is 0.0949. The predicted octanol–water partition coefficient (Wildman–Crippen LogP) is 3.10. The number of aliphatic hydroxyl groups is 1. The van der Waals surface area contributed by atoms with Gasteiger partial charge in [0.2, 0.25) is 0 Å². The van der Waals surface area contributed by atoms with Crippen molar-refractivity contribution in [1.29, 1.82) is 0 Å². The van der Waals surface area contributed by atoms with E-state index in [0.29, 0.717) is 17.7 Å². The molecule has 128 valence electrons. The molecule has 1 amide bonds. The van der Waals surface area contributed by atoms with Gasteiger partial charge < -0.3 is 15.2 Å². The third kappa shape index (κ3) is 5.31. The van der Waals surface area contributed by atoms with Crippen LogP contribution in [0.1, 0.15) is 30.6 Å². The molecule has 0 saturated heterocycles. The Labute approximate surface area is 139 Å². The smallest absolute Gasteiger partial charge is 0.258 e. The van der Waals surface area contributed by atoms with E-state index in [9.17, 15) is 18.7 Å². The Hall–Kier alpha value is -2.47. The molecule has 0 saturated carbocycles. The Balaban J connectivity index is 1.80. The van der Waals surface area contributed by atoms with Crippen LogP contribution in [0.3, 0.4) is 0 Å². The van der Waals surface area contributed by atoms with Crippen LogP contribution in [0.25, 0.3) is 0 Å². The van der Waals surface area contributed by atoms with Gasteiger partial charge in [-0.2, -0.15) is 0 Å². The summed E-state index contributed by atoms with van der Waals surface area (Å²) >= 11 is 0. The monoisotopic (exact) mass is 335 g/mol. The number of carbonyl (C=O) groups excluding carboxylic acids is 1. The molecule has 2 aromatic carbocycles. The number of ether oxygens (including phenoxy) is 1. The summed E-state index contributed by atoms with van der Waals surface area (Å²) in [5.41, 5.74) is 1.11. The highest BCUT2D eigenvalue weighted by atomic mass is 19.1. The van der Waals surface area contributed by atoms with Crippen LogP contribution in [-0.2, 0) is 11.3 Å². The predicted molar refractivity (Wildman–Crippen MR) is 85.4 cm³/mol. The SMILES string of the molecule is CCC(O)c1ccc(OCC(=O)NCc2cc(F)cc(F)c2)cc1. The Morgan fingerprint density at radius 2 is 1.79 bits per heavy atom. The summed E-state index contributed by atoms with van der Waals surface area (Å²) in [6, 6.07) is 9.89. The van der Waals surface area contributed by atoms with Crippen molar-refractivity contribution in [3.05, 3.63) is 65.2 Å². The first-order valence-electron chi connectivity index (χ1n) is 7.60. The zero-order valence-corrected chi connectivity index (χ0v) is 13.3. The normalized spacial score (nSPS) is 11.8. The number of benzene rings is 2. The highest BCUT2D eigenvalue weighted by molar-refractivity contribution is 5.77. The molecule has 0 fully saturated rings. The third-order valence-electron chi connectivity index (χ3n) is 3.43. The number of nitrogens with one attached hydrogen (secondary N) is 1. The van der Waals surface area contributed by atoms with Crippen molar-refractivity contribution < 1.29 is 23.4 Å². The topological polar surface area (TPSA) is 58.6 Å². The van der Waals surface area contributed by atoms with Gasteiger partial charge in [0.1, 0.15) is 17.4 Å². The quantitative estimate of drug-likeness (QED) is 0.817. The fourth-order valence-corrected chi connectivity index (χ4v) is 2.14. The Bertz CT molecular complexity index is 669. The van der Waals surface area contributed by atoms with E-state index >= 15 is 0 Å². The van der Waals surface area contributed by atoms with Gasteiger partial charge in [0.25, 0.3) is 5.91 Å². The number of hydrogen-bond acceptors (Lipinski definition) is 3. The minimum atomic E-state index is -0.690. The van der Waals surface area contributed by atoms with Crippen molar-refractivity contribution in [1.82, 2.24) is 5.32 Å². The second kappa shape index (κ2) is 8.40. The molecular formula is C18H19F2NO3. The van der Waals surface area contributed by atoms with Crippen LogP contribution in [0.4, 0.5) is 8.78 Å². The number of aliphatic hydroxyl groups excluding tert-OH is 1. The van der Waals surface area contributed by atoms with Crippen LogP contribution in [0.2, 0.25) is 0 Å². The van der Waals surface area contributed by atoms with E-state index in [2.05, 4.69) is 5.32 Å². The lowest BCUT2D eigenvalue weighted by molar-refractivity contribution is -0.123. The van der Waals surface area contributed by atoms with E-state index in [4.69, 9.17) is 4.74 Å².